The number of amides is 2. The molecule has 0 bridgehead atoms. The molecule has 7 nitrogen and oxygen atoms in total. The zero-order valence-electron chi connectivity index (χ0n) is 14.4. The average molecular weight is 346 g/mol. The number of nitrogens with zero attached hydrogens (tertiary/aromatic N) is 1. The summed E-state index contributed by atoms with van der Waals surface area (Å²) in [5.74, 6) is -0.560. The van der Waals surface area contributed by atoms with Gasteiger partial charge in [0.05, 0.1) is 12.1 Å². The maximum Gasteiger partial charge on any atom is 0.338 e. The van der Waals surface area contributed by atoms with Crippen LogP contribution in [-0.4, -0.2) is 55.5 Å². The number of likely N-dealkylation sites (N-methyl/N-ethyl adjacent to an activating group) is 2. The minimum absolute atomic E-state index is 0.0556. The molecule has 25 heavy (non-hydrogen) atoms. The topological polar surface area (TPSA) is 84.9 Å². The fourth-order valence-corrected chi connectivity index (χ4v) is 2.35. The van der Waals surface area contributed by atoms with Gasteiger partial charge in [0, 0.05) is 18.7 Å². The van der Waals surface area contributed by atoms with Crippen molar-refractivity contribution in [2.45, 2.75) is 13.8 Å². The van der Waals surface area contributed by atoms with E-state index in [2.05, 4.69) is 5.32 Å². The van der Waals surface area contributed by atoms with E-state index in [0.29, 0.717) is 24.4 Å². The zero-order valence-corrected chi connectivity index (χ0v) is 14.4. The number of carbonyl (C=O) groups excluding carboxylic acids is 3. The van der Waals surface area contributed by atoms with Crippen LogP contribution in [0, 0.1) is 0 Å². The third-order valence-corrected chi connectivity index (χ3v) is 3.66. The summed E-state index contributed by atoms with van der Waals surface area (Å²) >= 11 is 0. The van der Waals surface area contributed by atoms with E-state index in [4.69, 9.17) is 9.47 Å². The number of benzene rings is 1. The van der Waals surface area contributed by atoms with Crippen LogP contribution < -0.4 is 10.1 Å². The molecular formula is C18H22N2O5. The maximum absolute atomic E-state index is 12.1. The molecule has 0 aliphatic carbocycles. The summed E-state index contributed by atoms with van der Waals surface area (Å²) in [6.07, 6.45) is 1.69. The number of carbonyl (C=O) groups is 3. The van der Waals surface area contributed by atoms with Crippen LogP contribution in [0.1, 0.15) is 19.4 Å². The number of rotatable bonds is 7. The van der Waals surface area contributed by atoms with E-state index in [-0.39, 0.29) is 19.1 Å². The van der Waals surface area contributed by atoms with E-state index < -0.39 is 18.5 Å². The minimum atomic E-state index is -0.600. The van der Waals surface area contributed by atoms with Crippen molar-refractivity contribution in [1.82, 2.24) is 10.2 Å². The molecule has 2 amide bonds. The molecule has 0 atom stereocenters. The first kappa shape index (κ1) is 18.5. The van der Waals surface area contributed by atoms with Crippen molar-refractivity contribution in [2.24, 2.45) is 0 Å². The molecular weight excluding hydrogens is 324 g/mol. The highest BCUT2D eigenvalue weighted by atomic mass is 16.5. The highest BCUT2D eigenvalue weighted by molar-refractivity contribution is 5.96. The van der Waals surface area contributed by atoms with Crippen LogP contribution in [0.5, 0.6) is 5.75 Å². The van der Waals surface area contributed by atoms with E-state index in [1.54, 1.807) is 19.9 Å². The number of ether oxygens (including phenoxy) is 2. The molecule has 2 rings (SSSR count). The summed E-state index contributed by atoms with van der Waals surface area (Å²) in [6.45, 7) is 4.04. The Hall–Kier alpha value is -2.83. The first-order chi connectivity index (χ1) is 12.0. The van der Waals surface area contributed by atoms with Gasteiger partial charge in [0.25, 0.3) is 5.91 Å². The van der Waals surface area contributed by atoms with Crippen molar-refractivity contribution in [2.75, 3.05) is 32.8 Å². The molecule has 1 aromatic carbocycles. The Kier molecular flexibility index (Phi) is 6.56. The van der Waals surface area contributed by atoms with Gasteiger partial charge in [-0.3, -0.25) is 9.59 Å². The predicted molar refractivity (Wildman–Crippen MR) is 91.8 cm³/mol. The third kappa shape index (κ3) is 5.07. The second kappa shape index (κ2) is 8.86. The number of nitrogens with one attached hydrogen (secondary N) is 1. The smallest absolute Gasteiger partial charge is 0.338 e. The van der Waals surface area contributed by atoms with E-state index in [0.717, 1.165) is 5.56 Å². The van der Waals surface area contributed by atoms with Crippen LogP contribution in [0.4, 0.5) is 0 Å². The van der Waals surface area contributed by atoms with Crippen molar-refractivity contribution in [3.8, 4) is 5.75 Å². The summed E-state index contributed by atoms with van der Waals surface area (Å²) in [6, 6.07) is 7.34. The Morgan fingerprint density at radius 3 is 2.72 bits per heavy atom. The molecule has 0 aromatic heterocycles. The Balaban J connectivity index is 1.90. The molecule has 1 aromatic rings. The van der Waals surface area contributed by atoms with Gasteiger partial charge in [-0.15, -0.1) is 0 Å². The van der Waals surface area contributed by atoms with E-state index in [9.17, 15) is 14.4 Å². The second-order valence-electron chi connectivity index (χ2n) is 5.43. The number of esters is 1. The fraction of sp³-hybridized carbons (Fsp3) is 0.389. The molecule has 1 aliphatic rings. The van der Waals surface area contributed by atoms with Crippen molar-refractivity contribution >= 4 is 23.9 Å². The van der Waals surface area contributed by atoms with Crippen molar-refractivity contribution in [1.29, 1.82) is 0 Å². The lowest BCUT2D eigenvalue weighted by Gasteiger charge is -2.21. The summed E-state index contributed by atoms with van der Waals surface area (Å²) in [5, 5.41) is 2.62. The third-order valence-electron chi connectivity index (χ3n) is 3.66. The van der Waals surface area contributed by atoms with Crippen LogP contribution >= 0.6 is 0 Å². The van der Waals surface area contributed by atoms with E-state index in [1.165, 1.54) is 4.90 Å². The first-order valence-corrected chi connectivity index (χ1v) is 8.19. The van der Waals surface area contributed by atoms with Gasteiger partial charge in [-0.05, 0) is 26.0 Å². The second-order valence-corrected chi connectivity index (χ2v) is 5.43. The molecule has 0 fully saturated rings. The van der Waals surface area contributed by atoms with Crippen molar-refractivity contribution in [3.05, 3.63) is 35.4 Å². The van der Waals surface area contributed by atoms with Gasteiger partial charge in [-0.25, -0.2) is 4.79 Å². The number of para-hydroxylation sites is 1. The van der Waals surface area contributed by atoms with Crippen LogP contribution in [0.3, 0.4) is 0 Å². The summed E-state index contributed by atoms with van der Waals surface area (Å²) < 4.78 is 10.6. The number of hydrogen-bond acceptors (Lipinski definition) is 5. The van der Waals surface area contributed by atoms with Crippen molar-refractivity contribution < 1.29 is 23.9 Å². The van der Waals surface area contributed by atoms with Gasteiger partial charge >= 0.3 is 5.97 Å². The van der Waals surface area contributed by atoms with Crippen LogP contribution in [0.2, 0.25) is 0 Å². The molecule has 0 saturated carbocycles. The molecule has 1 aliphatic heterocycles. The molecule has 1 N–H and O–H groups in total. The molecule has 7 heteroatoms. The van der Waals surface area contributed by atoms with E-state index in [1.807, 2.05) is 24.3 Å². The quantitative estimate of drug-likeness (QED) is 0.744. The Morgan fingerprint density at radius 1 is 1.24 bits per heavy atom. The maximum atomic E-state index is 12.1. The Bertz CT molecular complexity index is 684. The normalized spacial score (nSPS) is 12.3. The van der Waals surface area contributed by atoms with Crippen LogP contribution in [0.15, 0.2) is 29.8 Å². The molecule has 0 unspecified atom stereocenters. The number of fused-ring (bicyclic) bond motifs is 1. The number of hydrogen-bond donors (Lipinski definition) is 1. The van der Waals surface area contributed by atoms with E-state index >= 15 is 0 Å². The Labute approximate surface area is 146 Å². The van der Waals surface area contributed by atoms with Gasteiger partial charge in [-0.1, -0.05) is 18.2 Å². The monoisotopic (exact) mass is 346 g/mol. The van der Waals surface area contributed by atoms with Gasteiger partial charge in [0.2, 0.25) is 5.91 Å². The van der Waals surface area contributed by atoms with Gasteiger partial charge in [-0.2, -0.15) is 0 Å². The van der Waals surface area contributed by atoms with Gasteiger partial charge in [0.15, 0.2) is 6.61 Å². The molecule has 0 saturated heterocycles. The van der Waals surface area contributed by atoms with Gasteiger partial charge in [0.1, 0.15) is 12.4 Å². The first-order valence-electron chi connectivity index (χ1n) is 8.19. The largest absolute Gasteiger partial charge is 0.488 e. The summed E-state index contributed by atoms with van der Waals surface area (Å²) in [4.78, 5) is 37.2. The standard InChI is InChI=1S/C18H22N2O5/c1-3-19-16(21)10-20(4-2)17(22)12-25-18(23)14-9-13-7-5-6-8-15(13)24-11-14/h5-9H,3-4,10-12H2,1-2H3,(H,19,21). The van der Waals surface area contributed by atoms with Crippen molar-refractivity contribution in [3.63, 3.8) is 0 Å². The lowest BCUT2D eigenvalue weighted by atomic mass is 10.1. The lowest BCUT2D eigenvalue weighted by molar-refractivity contribution is -0.149. The zero-order chi connectivity index (χ0) is 18.2. The highest BCUT2D eigenvalue weighted by Gasteiger charge is 2.21. The predicted octanol–water partition coefficient (Wildman–Crippen LogP) is 0.990. The molecule has 1 heterocycles. The van der Waals surface area contributed by atoms with Crippen LogP contribution in [-0.2, 0) is 19.1 Å². The fourth-order valence-electron chi connectivity index (χ4n) is 2.35. The molecule has 134 valence electrons. The van der Waals surface area contributed by atoms with Gasteiger partial charge < -0.3 is 19.7 Å². The SMILES string of the molecule is CCNC(=O)CN(CC)C(=O)COC(=O)C1=Cc2ccccc2OC1. The molecule has 0 radical (unpaired) electrons. The summed E-state index contributed by atoms with van der Waals surface area (Å²) in [5.41, 5.74) is 1.14. The minimum Gasteiger partial charge on any atom is -0.488 e. The Morgan fingerprint density at radius 2 is 2.00 bits per heavy atom. The highest BCUT2D eigenvalue weighted by Crippen LogP contribution is 2.26. The molecule has 0 spiro atoms. The summed E-state index contributed by atoms with van der Waals surface area (Å²) in [7, 11) is 0. The average Bonchev–Trinajstić information content (AvgIpc) is 2.63. The lowest BCUT2D eigenvalue weighted by Crippen LogP contribution is -2.42. The van der Waals surface area contributed by atoms with Crippen LogP contribution in [0.25, 0.3) is 6.08 Å².